The molecule has 144 valence electrons. The number of nitrogens with two attached hydrogens (primary N) is 1. The van der Waals surface area contributed by atoms with Crippen molar-refractivity contribution in [3.8, 4) is 0 Å². The van der Waals surface area contributed by atoms with E-state index < -0.39 is 0 Å². The lowest BCUT2D eigenvalue weighted by molar-refractivity contribution is -0.129. The number of carbonyl (C=O) groups is 1. The second-order valence-corrected chi connectivity index (χ2v) is 9.39. The summed E-state index contributed by atoms with van der Waals surface area (Å²) in [7, 11) is 0. The first-order chi connectivity index (χ1) is 11.8. The Labute approximate surface area is 153 Å². The smallest absolute Gasteiger partial charge is 0.223 e. The fourth-order valence-electron chi connectivity index (χ4n) is 5.23. The number of rotatable bonds is 4. The van der Waals surface area contributed by atoms with Gasteiger partial charge in [-0.1, -0.05) is 6.42 Å². The molecule has 3 aliphatic rings. The van der Waals surface area contributed by atoms with Gasteiger partial charge in [0.2, 0.25) is 5.91 Å². The van der Waals surface area contributed by atoms with Crippen molar-refractivity contribution in [2.75, 3.05) is 19.6 Å². The number of fused-ring (bicyclic) bond motifs is 2. The van der Waals surface area contributed by atoms with Crippen LogP contribution in [0.1, 0.15) is 59.8 Å². The third-order valence-corrected chi connectivity index (χ3v) is 6.75. The molecule has 25 heavy (non-hydrogen) atoms. The molecule has 5 nitrogen and oxygen atoms in total. The summed E-state index contributed by atoms with van der Waals surface area (Å²) in [4.78, 5) is 15.3. The van der Waals surface area contributed by atoms with Crippen molar-refractivity contribution in [3.05, 3.63) is 0 Å². The van der Waals surface area contributed by atoms with Crippen LogP contribution in [-0.4, -0.2) is 54.2 Å². The average molecular weight is 352 g/mol. The zero-order valence-electron chi connectivity index (χ0n) is 16.5. The SMILES string of the molecule is CC1CN(C(C)(C)CNC(=O)C2CC3CCCC(C2)C3N)CC(C)O1. The van der Waals surface area contributed by atoms with Gasteiger partial charge in [-0.05, 0) is 65.2 Å². The summed E-state index contributed by atoms with van der Waals surface area (Å²) in [6, 6.07) is 0.325. The second-order valence-electron chi connectivity index (χ2n) is 9.39. The van der Waals surface area contributed by atoms with Crippen LogP contribution in [0.4, 0.5) is 0 Å². The maximum absolute atomic E-state index is 12.8. The van der Waals surface area contributed by atoms with Crippen LogP contribution in [0.5, 0.6) is 0 Å². The number of carbonyl (C=O) groups excluding carboxylic acids is 1. The molecular weight excluding hydrogens is 314 g/mol. The summed E-state index contributed by atoms with van der Waals surface area (Å²) in [5.41, 5.74) is 6.31. The van der Waals surface area contributed by atoms with Crippen LogP contribution in [0.15, 0.2) is 0 Å². The molecule has 0 aromatic heterocycles. The summed E-state index contributed by atoms with van der Waals surface area (Å²) >= 11 is 0. The lowest BCUT2D eigenvalue weighted by atomic mass is 9.65. The standard InChI is InChI=1S/C20H37N3O2/c1-13-10-23(11-14(2)25-13)20(3,4)12-22-19(24)17-8-15-6-5-7-16(9-17)18(15)21/h13-18H,5-12,21H2,1-4H3,(H,22,24). The van der Waals surface area contributed by atoms with Gasteiger partial charge in [-0.25, -0.2) is 0 Å². The van der Waals surface area contributed by atoms with Crippen molar-refractivity contribution in [3.63, 3.8) is 0 Å². The van der Waals surface area contributed by atoms with Gasteiger partial charge in [0, 0.05) is 37.1 Å². The van der Waals surface area contributed by atoms with Crippen molar-refractivity contribution in [1.82, 2.24) is 10.2 Å². The minimum Gasteiger partial charge on any atom is -0.373 e. The molecule has 0 radical (unpaired) electrons. The van der Waals surface area contributed by atoms with Crippen molar-refractivity contribution < 1.29 is 9.53 Å². The molecule has 1 saturated heterocycles. The maximum atomic E-state index is 12.8. The molecule has 3 fully saturated rings. The van der Waals surface area contributed by atoms with Crippen LogP contribution >= 0.6 is 0 Å². The van der Waals surface area contributed by atoms with Gasteiger partial charge >= 0.3 is 0 Å². The van der Waals surface area contributed by atoms with Crippen LogP contribution in [0.3, 0.4) is 0 Å². The van der Waals surface area contributed by atoms with E-state index in [0.717, 1.165) is 25.9 Å². The summed E-state index contributed by atoms with van der Waals surface area (Å²) in [5, 5.41) is 3.26. The number of morpholine rings is 1. The van der Waals surface area contributed by atoms with E-state index in [2.05, 4.69) is 37.9 Å². The lowest BCUT2D eigenvalue weighted by Gasteiger charge is -2.46. The van der Waals surface area contributed by atoms with E-state index in [1.807, 2.05) is 0 Å². The Kier molecular flexibility index (Phi) is 5.76. The van der Waals surface area contributed by atoms with Crippen molar-refractivity contribution in [1.29, 1.82) is 0 Å². The van der Waals surface area contributed by atoms with E-state index in [1.54, 1.807) is 0 Å². The molecule has 3 rings (SSSR count). The highest BCUT2D eigenvalue weighted by Crippen LogP contribution is 2.41. The summed E-state index contributed by atoms with van der Waals surface area (Å²) in [6.45, 7) is 11.3. The molecule has 2 aliphatic carbocycles. The van der Waals surface area contributed by atoms with Crippen LogP contribution in [0, 0.1) is 17.8 Å². The van der Waals surface area contributed by atoms with Crippen LogP contribution in [0.25, 0.3) is 0 Å². The molecule has 5 heteroatoms. The van der Waals surface area contributed by atoms with Gasteiger partial charge in [-0.2, -0.15) is 0 Å². The highest BCUT2D eigenvalue weighted by Gasteiger charge is 2.41. The molecule has 2 bridgehead atoms. The largest absolute Gasteiger partial charge is 0.373 e. The molecule has 1 heterocycles. The Morgan fingerprint density at radius 3 is 2.28 bits per heavy atom. The number of ether oxygens (including phenoxy) is 1. The molecule has 4 atom stereocenters. The molecule has 0 spiro atoms. The van der Waals surface area contributed by atoms with Gasteiger partial charge < -0.3 is 15.8 Å². The molecular formula is C20H37N3O2. The summed E-state index contributed by atoms with van der Waals surface area (Å²) in [6.07, 6.45) is 6.16. The number of nitrogens with zero attached hydrogens (tertiary/aromatic N) is 1. The third-order valence-electron chi connectivity index (χ3n) is 6.75. The van der Waals surface area contributed by atoms with Gasteiger partial charge in [-0.15, -0.1) is 0 Å². The maximum Gasteiger partial charge on any atom is 0.223 e. The quantitative estimate of drug-likeness (QED) is 0.814. The van der Waals surface area contributed by atoms with Crippen molar-refractivity contribution >= 4 is 5.91 Å². The van der Waals surface area contributed by atoms with Crippen LogP contribution < -0.4 is 11.1 Å². The van der Waals surface area contributed by atoms with Gasteiger partial charge in [0.1, 0.15) is 0 Å². The second kappa shape index (κ2) is 7.53. The number of hydrogen-bond acceptors (Lipinski definition) is 4. The fraction of sp³-hybridized carbons (Fsp3) is 0.950. The van der Waals surface area contributed by atoms with Gasteiger partial charge in [0.05, 0.1) is 12.2 Å². The summed E-state index contributed by atoms with van der Waals surface area (Å²) < 4.78 is 5.84. The average Bonchev–Trinajstić information content (AvgIpc) is 2.51. The van der Waals surface area contributed by atoms with E-state index >= 15 is 0 Å². The number of hydrogen-bond donors (Lipinski definition) is 2. The summed E-state index contributed by atoms with van der Waals surface area (Å²) in [5.74, 6) is 1.51. The Hall–Kier alpha value is -0.650. The first-order valence-corrected chi connectivity index (χ1v) is 10.2. The van der Waals surface area contributed by atoms with E-state index in [9.17, 15) is 4.79 Å². The lowest BCUT2D eigenvalue weighted by Crippen LogP contribution is -2.59. The highest BCUT2D eigenvalue weighted by atomic mass is 16.5. The van der Waals surface area contributed by atoms with Crippen LogP contribution in [-0.2, 0) is 9.53 Å². The minimum atomic E-state index is -0.0527. The first kappa shape index (κ1) is 19.1. The Balaban J connectivity index is 1.53. The topological polar surface area (TPSA) is 67.6 Å². The molecule has 0 aromatic rings. The minimum absolute atomic E-state index is 0.0527. The Morgan fingerprint density at radius 1 is 1.16 bits per heavy atom. The van der Waals surface area contributed by atoms with E-state index in [-0.39, 0.29) is 29.6 Å². The molecule has 3 N–H and O–H groups in total. The number of amides is 1. The van der Waals surface area contributed by atoms with Crippen molar-refractivity contribution in [2.24, 2.45) is 23.5 Å². The third kappa shape index (κ3) is 4.37. The molecule has 1 amide bonds. The Morgan fingerprint density at radius 2 is 1.72 bits per heavy atom. The monoisotopic (exact) mass is 351 g/mol. The van der Waals surface area contributed by atoms with Gasteiger partial charge in [-0.3, -0.25) is 9.69 Å². The molecule has 4 unspecified atom stereocenters. The highest BCUT2D eigenvalue weighted by molar-refractivity contribution is 5.78. The fourth-order valence-corrected chi connectivity index (χ4v) is 5.23. The zero-order valence-corrected chi connectivity index (χ0v) is 16.5. The van der Waals surface area contributed by atoms with Crippen molar-refractivity contribution in [2.45, 2.75) is 83.6 Å². The van der Waals surface area contributed by atoms with E-state index in [0.29, 0.717) is 24.4 Å². The number of nitrogens with one attached hydrogen (secondary N) is 1. The normalized spacial score (nSPS) is 39.9. The predicted octanol–water partition coefficient (Wildman–Crippen LogP) is 2.14. The van der Waals surface area contributed by atoms with Gasteiger partial charge in [0.15, 0.2) is 0 Å². The predicted molar refractivity (Wildman–Crippen MR) is 100 cm³/mol. The van der Waals surface area contributed by atoms with E-state index in [4.69, 9.17) is 10.5 Å². The van der Waals surface area contributed by atoms with Crippen LogP contribution in [0.2, 0.25) is 0 Å². The molecule has 2 saturated carbocycles. The Bertz CT molecular complexity index is 458. The van der Waals surface area contributed by atoms with E-state index in [1.165, 1.54) is 19.3 Å². The molecule has 1 aliphatic heterocycles. The first-order valence-electron chi connectivity index (χ1n) is 10.2. The zero-order chi connectivity index (χ0) is 18.2. The van der Waals surface area contributed by atoms with Gasteiger partial charge in [0.25, 0.3) is 0 Å². The molecule has 0 aromatic carbocycles.